The van der Waals surface area contributed by atoms with Crippen LogP contribution in [0, 0.1) is 0 Å². The van der Waals surface area contributed by atoms with E-state index in [0.717, 1.165) is 31.4 Å². The normalized spacial score (nSPS) is 11.4. The Morgan fingerprint density at radius 3 is 1.00 bits per heavy atom. The minimum atomic E-state index is -0.529. The molecule has 4 heterocycles. The molecule has 7 rings (SSSR count). The summed E-state index contributed by atoms with van der Waals surface area (Å²) in [6, 6.07) is 24.8. The van der Waals surface area contributed by atoms with Crippen LogP contribution in [0.25, 0.3) is 32.9 Å². The molecular weight excluding hydrogens is 528 g/mol. The molecule has 0 N–H and O–H groups in total. The number of pyridine rings is 2. The van der Waals surface area contributed by atoms with Gasteiger partial charge in [0.1, 0.15) is 0 Å². The number of fused-ring (bicyclic) bond motifs is 2. The van der Waals surface area contributed by atoms with Gasteiger partial charge in [0.15, 0.2) is 0 Å². The molecule has 0 unspecified atom stereocenters. The first-order chi connectivity index (χ1) is 20.5. The molecule has 0 aliphatic carbocycles. The van der Waals surface area contributed by atoms with Crippen LogP contribution in [0.15, 0.2) is 129 Å². The molecule has 0 atom stereocenters. The minimum Gasteiger partial charge on any atom is -0.268 e. The van der Waals surface area contributed by atoms with Crippen LogP contribution in [0.2, 0.25) is 0 Å². The third kappa shape index (κ3) is 4.26. The lowest BCUT2D eigenvalue weighted by Gasteiger charge is -2.04. The van der Waals surface area contributed by atoms with E-state index >= 15 is 0 Å². The molecule has 0 fully saturated rings. The van der Waals surface area contributed by atoms with Crippen molar-refractivity contribution in [1.82, 2.24) is 19.1 Å². The highest BCUT2D eigenvalue weighted by Crippen LogP contribution is 2.19. The van der Waals surface area contributed by atoms with Crippen molar-refractivity contribution in [3.8, 4) is 11.4 Å². The second kappa shape index (κ2) is 10.0. The van der Waals surface area contributed by atoms with E-state index in [1.54, 1.807) is 49.1 Å². The highest BCUT2D eigenvalue weighted by atomic mass is 16.2. The van der Waals surface area contributed by atoms with E-state index in [-0.39, 0.29) is 21.5 Å². The molecule has 42 heavy (non-hydrogen) atoms. The summed E-state index contributed by atoms with van der Waals surface area (Å²) in [6.45, 7) is 0. The van der Waals surface area contributed by atoms with Gasteiger partial charge in [-0.05, 0) is 95.8 Å². The maximum absolute atomic E-state index is 13.4. The van der Waals surface area contributed by atoms with Crippen molar-refractivity contribution in [2.45, 2.75) is 12.8 Å². The maximum atomic E-state index is 13.4. The molecule has 0 aliphatic rings. The number of rotatable bonds is 6. The number of hydrogen-bond donors (Lipinski definition) is 0. The summed E-state index contributed by atoms with van der Waals surface area (Å²) in [5.74, 6) is 0. The monoisotopic (exact) mass is 550 g/mol. The molecule has 8 nitrogen and oxygen atoms in total. The van der Waals surface area contributed by atoms with E-state index in [1.165, 1.54) is 12.1 Å². The molecular formula is C34H22N4O4. The largest absolute Gasteiger partial charge is 0.268 e. The van der Waals surface area contributed by atoms with Gasteiger partial charge in [-0.1, -0.05) is 24.3 Å². The van der Waals surface area contributed by atoms with Crippen molar-refractivity contribution in [3.05, 3.63) is 173 Å². The van der Waals surface area contributed by atoms with Crippen LogP contribution < -0.4 is 22.2 Å². The summed E-state index contributed by atoms with van der Waals surface area (Å²) < 4.78 is 2.18. The summed E-state index contributed by atoms with van der Waals surface area (Å²) in [5, 5.41) is 0.427. The number of benzene rings is 3. The first kappa shape index (κ1) is 25.2. The summed E-state index contributed by atoms with van der Waals surface area (Å²) in [5.41, 5.74) is 2.95. The predicted molar refractivity (Wildman–Crippen MR) is 162 cm³/mol. The van der Waals surface area contributed by atoms with Crippen LogP contribution >= 0.6 is 0 Å². The first-order valence-electron chi connectivity index (χ1n) is 13.4. The van der Waals surface area contributed by atoms with Gasteiger partial charge >= 0.3 is 0 Å². The molecule has 0 radical (unpaired) electrons. The van der Waals surface area contributed by atoms with E-state index in [9.17, 15) is 19.2 Å². The third-order valence-electron chi connectivity index (χ3n) is 7.60. The van der Waals surface area contributed by atoms with Gasteiger partial charge in [0.05, 0.1) is 32.9 Å². The van der Waals surface area contributed by atoms with Crippen molar-refractivity contribution >= 4 is 21.5 Å². The average Bonchev–Trinajstić information content (AvgIpc) is 3.41. The van der Waals surface area contributed by atoms with Gasteiger partial charge in [-0.3, -0.25) is 29.1 Å². The van der Waals surface area contributed by atoms with Crippen LogP contribution in [0.4, 0.5) is 0 Å². The van der Waals surface area contributed by atoms with Gasteiger partial charge in [-0.2, -0.15) is 0 Å². The summed E-state index contributed by atoms with van der Waals surface area (Å²) in [7, 11) is 0. The van der Waals surface area contributed by atoms with Gasteiger partial charge in [0.25, 0.3) is 22.2 Å². The Kier molecular flexibility index (Phi) is 6.01. The van der Waals surface area contributed by atoms with Crippen LogP contribution in [0.5, 0.6) is 0 Å². The Morgan fingerprint density at radius 1 is 0.405 bits per heavy atom. The van der Waals surface area contributed by atoms with Crippen LogP contribution in [0.1, 0.15) is 22.3 Å². The molecule has 0 saturated carbocycles. The van der Waals surface area contributed by atoms with Gasteiger partial charge in [-0.15, -0.1) is 0 Å². The lowest BCUT2D eigenvalue weighted by molar-refractivity contribution is 0.985. The fraction of sp³-hybridized carbons (Fsp3) is 0.0588. The number of aromatic nitrogens is 4. The average molecular weight is 551 g/mol. The van der Waals surface area contributed by atoms with E-state index in [4.69, 9.17) is 0 Å². The summed E-state index contributed by atoms with van der Waals surface area (Å²) >= 11 is 0. The van der Waals surface area contributed by atoms with Crippen LogP contribution in [0.3, 0.4) is 0 Å². The minimum absolute atomic E-state index is 0.107. The Labute approximate surface area is 238 Å². The molecule has 7 aromatic rings. The lowest BCUT2D eigenvalue weighted by Crippen LogP contribution is -2.24. The third-order valence-corrected chi connectivity index (χ3v) is 7.60. The SMILES string of the molecule is O=c1c2cc3c(=O)n(-c4ccc(Cc5ccncc5)cc4)c(=O)c3cc2c(=O)n1-c1ccc(Cc2ccncc2)cc1. The van der Waals surface area contributed by atoms with Crippen molar-refractivity contribution in [3.63, 3.8) is 0 Å². The number of nitrogens with zero attached hydrogens (tertiary/aromatic N) is 4. The summed E-state index contributed by atoms with van der Waals surface area (Å²) in [6.07, 6.45) is 8.30. The molecule has 0 spiro atoms. The Balaban J connectivity index is 1.25. The second-order valence-corrected chi connectivity index (χ2v) is 10.2. The molecule has 0 saturated heterocycles. The van der Waals surface area contributed by atoms with Gasteiger partial charge in [-0.25, -0.2) is 9.13 Å². The predicted octanol–water partition coefficient (Wildman–Crippen LogP) is 3.86. The van der Waals surface area contributed by atoms with E-state index < -0.39 is 22.2 Å². The van der Waals surface area contributed by atoms with Crippen molar-refractivity contribution in [1.29, 1.82) is 0 Å². The standard InChI is InChI=1S/C34H22N4O4/c39-31-27-19-29-30(34(42)38(33(29)41)26-7-3-22(4-8-26)18-24-11-15-36-16-12-24)20-28(27)32(40)37(31)25-5-1-21(2-6-25)17-23-9-13-35-14-10-23/h1-16,19-20H,17-18H2. The van der Waals surface area contributed by atoms with Crippen LogP contribution in [-0.2, 0) is 12.8 Å². The molecule has 202 valence electrons. The molecule has 8 heteroatoms. The highest BCUT2D eigenvalue weighted by molar-refractivity contribution is 5.98. The van der Waals surface area contributed by atoms with Crippen molar-refractivity contribution < 1.29 is 0 Å². The molecule has 3 aromatic carbocycles. The molecule has 4 aromatic heterocycles. The smallest absolute Gasteiger partial charge is 0.266 e. The van der Waals surface area contributed by atoms with E-state index in [0.29, 0.717) is 24.2 Å². The van der Waals surface area contributed by atoms with Crippen LogP contribution in [-0.4, -0.2) is 19.1 Å². The van der Waals surface area contributed by atoms with Gasteiger partial charge < -0.3 is 0 Å². The van der Waals surface area contributed by atoms with Gasteiger partial charge in [0, 0.05) is 24.8 Å². The molecule has 0 bridgehead atoms. The quantitative estimate of drug-likeness (QED) is 0.312. The second-order valence-electron chi connectivity index (χ2n) is 10.2. The lowest BCUT2D eigenvalue weighted by atomic mass is 10.1. The van der Waals surface area contributed by atoms with Gasteiger partial charge in [0.2, 0.25) is 0 Å². The first-order valence-corrected chi connectivity index (χ1v) is 13.4. The number of hydrogen-bond acceptors (Lipinski definition) is 6. The molecule has 0 amide bonds. The summed E-state index contributed by atoms with van der Waals surface area (Å²) in [4.78, 5) is 61.6. The fourth-order valence-corrected chi connectivity index (χ4v) is 5.44. The van der Waals surface area contributed by atoms with Crippen molar-refractivity contribution in [2.75, 3.05) is 0 Å². The zero-order valence-corrected chi connectivity index (χ0v) is 22.2. The Morgan fingerprint density at radius 2 is 0.690 bits per heavy atom. The zero-order valence-electron chi connectivity index (χ0n) is 22.2. The van der Waals surface area contributed by atoms with E-state index in [1.807, 2.05) is 48.5 Å². The topological polar surface area (TPSA) is 104 Å². The highest BCUT2D eigenvalue weighted by Gasteiger charge is 2.21. The molecule has 0 aliphatic heterocycles. The Bertz CT molecular complexity index is 2060. The zero-order chi connectivity index (χ0) is 28.8. The van der Waals surface area contributed by atoms with E-state index in [2.05, 4.69) is 9.97 Å². The maximum Gasteiger partial charge on any atom is 0.266 e. The fourth-order valence-electron chi connectivity index (χ4n) is 5.44. The van der Waals surface area contributed by atoms with Crippen molar-refractivity contribution in [2.24, 2.45) is 0 Å². The Hall–Kier alpha value is -5.76.